The normalized spacial score (nSPS) is 10.1. The number of carbonyl (C=O) groups is 3. The molecule has 0 unspecified atom stereocenters. The Morgan fingerprint density at radius 3 is 2.05 bits per heavy atom. The second-order valence-electron chi connectivity index (χ2n) is 4.43. The molecule has 0 saturated heterocycles. The summed E-state index contributed by atoms with van der Waals surface area (Å²) in [5, 5.41) is 10.6. The maximum absolute atomic E-state index is 11.9. The van der Waals surface area contributed by atoms with E-state index >= 15 is 0 Å². The molecular formula is C13H24N2O5. The Balaban J connectivity index is 4.14. The van der Waals surface area contributed by atoms with Crippen LogP contribution in [0.4, 0.5) is 4.79 Å². The quantitative estimate of drug-likeness (QED) is 0.630. The van der Waals surface area contributed by atoms with E-state index in [9.17, 15) is 14.4 Å². The molecule has 0 radical (unpaired) electrons. The first kappa shape index (κ1) is 18.4. The van der Waals surface area contributed by atoms with Crippen molar-refractivity contribution in [1.82, 2.24) is 10.2 Å². The molecule has 0 aromatic heterocycles. The maximum atomic E-state index is 11.9. The van der Waals surface area contributed by atoms with E-state index in [2.05, 4.69) is 10.1 Å². The Bertz CT molecular complexity index is 312. The van der Waals surface area contributed by atoms with Gasteiger partial charge in [0.25, 0.3) is 5.91 Å². The Morgan fingerprint density at radius 1 is 1.05 bits per heavy atom. The van der Waals surface area contributed by atoms with Gasteiger partial charge in [0, 0.05) is 13.1 Å². The number of aliphatic carboxylic acids is 1. The fourth-order valence-corrected chi connectivity index (χ4v) is 1.48. The summed E-state index contributed by atoms with van der Waals surface area (Å²) in [7, 11) is 0. The molecule has 20 heavy (non-hydrogen) atoms. The van der Waals surface area contributed by atoms with Crippen molar-refractivity contribution in [2.45, 2.75) is 39.5 Å². The summed E-state index contributed by atoms with van der Waals surface area (Å²) in [5.41, 5.74) is 0. The highest BCUT2D eigenvalue weighted by molar-refractivity contribution is 5.95. The number of amides is 3. The molecule has 0 aliphatic carbocycles. The second kappa shape index (κ2) is 11.2. The lowest BCUT2D eigenvalue weighted by atomic mass is 10.3. The van der Waals surface area contributed by atoms with Crippen LogP contribution in [0.2, 0.25) is 0 Å². The van der Waals surface area contributed by atoms with Crippen LogP contribution < -0.4 is 5.32 Å². The van der Waals surface area contributed by atoms with E-state index in [0.717, 1.165) is 25.7 Å². The zero-order valence-corrected chi connectivity index (χ0v) is 12.2. The van der Waals surface area contributed by atoms with Crippen LogP contribution in [0.15, 0.2) is 0 Å². The molecule has 116 valence electrons. The Hall–Kier alpha value is -1.63. The smallest absolute Gasteiger partial charge is 0.329 e. The third-order valence-corrected chi connectivity index (χ3v) is 2.56. The van der Waals surface area contributed by atoms with Gasteiger partial charge in [-0.3, -0.25) is 10.1 Å². The predicted octanol–water partition coefficient (Wildman–Crippen LogP) is 1.23. The van der Waals surface area contributed by atoms with E-state index in [0.29, 0.717) is 13.1 Å². The van der Waals surface area contributed by atoms with Crippen molar-refractivity contribution in [3.63, 3.8) is 0 Å². The average molecular weight is 288 g/mol. The highest BCUT2D eigenvalue weighted by Gasteiger charge is 2.15. The van der Waals surface area contributed by atoms with Crippen LogP contribution in [0.1, 0.15) is 39.5 Å². The molecule has 7 nitrogen and oxygen atoms in total. The van der Waals surface area contributed by atoms with Gasteiger partial charge in [-0.1, -0.05) is 26.7 Å². The van der Waals surface area contributed by atoms with Crippen molar-refractivity contribution >= 4 is 17.9 Å². The molecule has 0 atom stereocenters. The number of urea groups is 1. The molecule has 0 aromatic rings. The van der Waals surface area contributed by atoms with Crippen molar-refractivity contribution in [2.24, 2.45) is 0 Å². The van der Waals surface area contributed by atoms with Gasteiger partial charge in [0.1, 0.15) is 13.2 Å². The minimum atomic E-state index is -1.16. The van der Waals surface area contributed by atoms with E-state index in [4.69, 9.17) is 5.11 Å². The lowest BCUT2D eigenvalue weighted by Gasteiger charge is -2.22. The second-order valence-corrected chi connectivity index (χ2v) is 4.43. The summed E-state index contributed by atoms with van der Waals surface area (Å²) in [6.45, 7) is 4.27. The van der Waals surface area contributed by atoms with Gasteiger partial charge in [-0.15, -0.1) is 0 Å². The Kier molecular flexibility index (Phi) is 10.3. The highest BCUT2D eigenvalue weighted by Crippen LogP contribution is 1.99. The molecule has 0 heterocycles. The summed E-state index contributed by atoms with van der Waals surface area (Å²) >= 11 is 0. The number of carboxylic acid groups (broad SMARTS) is 1. The van der Waals surface area contributed by atoms with Crippen molar-refractivity contribution < 1.29 is 24.2 Å². The van der Waals surface area contributed by atoms with Crippen molar-refractivity contribution in [1.29, 1.82) is 0 Å². The molecule has 0 spiro atoms. The highest BCUT2D eigenvalue weighted by atomic mass is 16.5. The number of rotatable bonds is 10. The van der Waals surface area contributed by atoms with Gasteiger partial charge in [0.05, 0.1) is 0 Å². The van der Waals surface area contributed by atoms with Gasteiger partial charge in [-0.25, -0.2) is 9.59 Å². The summed E-state index contributed by atoms with van der Waals surface area (Å²) in [5.74, 6) is -1.79. The lowest BCUT2D eigenvalue weighted by Crippen LogP contribution is -2.45. The topological polar surface area (TPSA) is 95.9 Å². The number of hydrogen-bond donors (Lipinski definition) is 2. The molecule has 0 aromatic carbocycles. The number of nitrogens with one attached hydrogen (secondary N) is 1. The predicted molar refractivity (Wildman–Crippen MR) is 73.4 cm³/mol. The van der Waals surface area contributed by atoms with Gasteiger partial charge < -0.3 is 14.7 Å². The molecular weight excluding hydrogens is 264 g/mol. The van der Waals surface area contributed by atoms with Crippen LogP contribution in [0.3, 0.4) is 0 Å². The van der Waals surface area contributed by atoms with E-state index in [1.807, 2.05) is 13.8 Å². The van der Waals surface area contributed by atoms with Gasteiger partial charge in [0.15, 0.2) is 0 Å². The van der Waals surface area contributed by atoms with Gasteiger partial charge in [0.2, 0.25) is 0 Å². The molecule has 0 aliphatic rings. The Morgan fingerprint density at radius 2 is 1.60 bits per heavy atom. The zero-order valence-electron chi connectivity index (χ0n) is 12.2. The number of hydrogen-bond acceptors (Lipinski definition) is 4. The van der Waals surface area contributed by atoms with Crippen LogP contribution in [-0.2, 0) is 14.3 Å². The first-order chi connectivity index (χ1) is 9.51. The number of nitrogens with zero attached hydrogens (tertiary/aromatic N) is 1. The van der Waals surface area contributed by atoms with Crippen LogP contribution >= 0.6 is 0 Å². The zero-order chi connectivity index (χ0) is 15.4. The summed E-state index contributed by atoms with van der Waals surface area (Å²) in [6.07, 6.45) is 3.68. The van der Waals surface area contributed by atoms with E-state index in [1.165, 1.54) is 0 Å². The van der Waals surface area contributed by atoms with Gasteiger partial charge in [-0.2, -0.15) is 0 Å². The summed E-state index contributed by atoms with van der Waals surface area (Å²) in [6, 6.07) is -0.448. The minimum absolute atomic E-state index is 0.437. The standard InChI is InChI=1S/C13H24N2O5/c1-3-5-7-15(8-6-4-2)13(19)14-11(16)9-20-10-12(17)18/h3-10H2,1-2H3,(H,17,18)(H,14,16,19). The number of imide groups is 1. The molecule has 2 N–H and O–H groups in total. The third kappa shape index (κ3) is 9.32. The average Bonchev–Trinajstić information content (AvgIpc) is 2.38. The monoisotopic (exact) mass is 288 g/mol. The molecule has 7 heteroatoms. The van der Waals surface area contributed by atoms with Crippen molar-refractivity contribution in [3.05, 3.63) is 0 Å². The number of carbonyl (C=O) groups excluding carboxylic acids is 2. The van der Waals surface area contributed by atoms with E-state index in [1.54, 1.807) is 4.90 Å². The van der Waals surface area contributed by atoms with Gasteiger partial charge in [-0.05, 0) is 12.8 Å². The molecule has 0 aliphatic heterocycles. The minimum Gasteiger partial charge on any atom is -0.480 e. The largest absolute Gasteiger partial charge is 0.480 e. The lowest BCUT2D eigenvalue weighted by molar-refractivity contribution is -0.143. The molecule has 0 rings (SSSR count). The van der Waals surface area contributed by atoms with Crippen LogP contribution in [0.5, 0.6) is 0 Å². The van der Waals surface area contributed by atoms with Crippen LogP contribution in [0.25, 0.3) is 0 Å². The molecule has 0 bridgehead atoms. The van der Waals surface area contributed by atoms with E-state index in [-0.39, 0.29) is 0 Å². The number of ether oxygens (including phenoxy) is 1. The van der Waals surface area contributed by atoms with Crippen LogP contribution in [0, 0.1) is 0 Å². The Labute approximate surface area is 119 Å². The SMILES string of the molecule is CCCCN(CCCC)C(=O)NC(=O)COCC(=O)O. The number of unbranched alkanes of at least 4 members (excludes halogenated alkanes) is 2. The fourth-order valence-electron chi connectivity index (χ4n) is 1.48. The first-order valence-corrected chi connectivity index (χ1v) is 6.89. The van der Waals surface area contributed by atoms with Crippen molar-refractivity contribution in [2.75, 3.05) is 26.3 Å². The first-order valence-electron chi connectivity index (χ1n) is 6.89. The van der Waals surface area contributed by atoms with E-state index < -0.39 is 31.1 Å². The maximum Gasteiger partial charge on any atom is 0.329 e. The molecule has 0 fully saturated rings. The van der Waals surface area contributed by atoms with Gasteiger partial charge >= 0.3 is 12.0 Å². The number of carboxylic acids is 1. The van der Waals surface area contributed by atoms with Crippen LogP contribution in [-0.4, -0.2) is 54.2 Å². The molecule has 0 saturated carbocycles. The third-order valence-electron chi connectivity index (χ3n) is 2.56. The summed E-state index contributed by atoms with van der Waals surface area (Å²) in [4.78, 5) is 35.1. The fraction of sp³-hybridized carbons (Fsp3) is 0.769. The van der Waals surface area contributed by atoms with Crippen molar-refractivity contribution in [3.8, 4) is 0 Å². The summed E-state index contributed by atoms with van der Waals surface area (Å²) < 4.78 is 4.62. The molecule has 3 amide bonds.